The highest BCUT2D eigenvalue weighted by atomic mass is 32.2. The van der Waals surface area contributed by atoms with Crippen LogP contribution in [0.4, 0.5) is 0 Å². The van der Waals surface area contributed by atoms with Crippen molar-refractivity contribution in [3.63, 3.8) is 0 Å². The number of amides is 1. The van der Waals surface area contributed by atoms with E-state index in [4.69, 9.17) is 9.15 Å². The van der Waals surface area contributed by atoms with Gasteiger partial charge in [0.15, 0.2) is 5.17 Å². The van der Waals surface area contributed by atoms with E-state index in [1.54, 1.807) is 12.3 Å². The maximum Gasteiger partial charge on any atom is 0.279 e. The Morgan fingerprint density at radius 3 is 2.93 bits per heavy atom. The minimum absolute atomic E-state index is 0.171. The quantitative estimate of drug-likeness (QED) is 0.739. The zero-order valence-corrected chi connectivity index (χ0v) is 16.9. The van der Waals surface area contributed by atoms with E-state index in [1.807, 2.05) is 30.0 Å². The van der Waals surface area contributed by atoms with Crippen LogP contribution in [0.1, 0.15) is 55.3 Å². The van der Waals surface area contributed by atoms with Gasteiger partial charge in [0.25, 0.3) is 5.91 Å². The summed E-state index contributed by atoms with van der Waals surface area (Å²) in [5.74, 6) is -0.171. The van der Waals surface area contributed by atoms with Crippen molar-refractivity contribution in [3.8, 4) is 0 Å². The zero-order valence-electron chi connectivity index (χ0n) is 16.1. The molecule has 1 spiro atoms. The van der Waals surface area contributed by atoms with Gasteiger partial charge in [-0.15, -0.1) is 0 Å². The number of rotatable bonds is 3. The monoisotopic (exact) mass is 398 g/mol. The molecule has 0 unspecified atom stereocenters. The first-order valence-corrected chi connectivity index (χ1v) is 11.2. The topological polar surface area (TPSA) is 55.0 Å². The van der Waals surface area contributed by atoms with Crippen molar-refractivity contribution in [2.45, 2.75) is 55.8 Å². The van der Waals surface area contributed by atoms with Gasteiger partial charge in [-0.1, -0.05) is 31.0 Å². The van der Waals surface area contributed by atoms with Crippen LogP contribution < -0.4 is 0 Å². The van der Waals surface area contributed by atoms with Crippen LogP contribution in [-0.2, 0) is 4.74 Å². The van der Waals surface area contributed by atoms with Crippen LogP contribution in [-0.4, -0.2) is 46.5 Å². The lowest BCUT2D eigenvalue weighted by Crippen LogP contribution is -2.38. The number of thioether (sulfide) groups is 1. The smallest absolute Gasteiger partial charge is 0.279 e. The maximum absolute atomic E-state index is 12.9. The fraction of sp³-hybridized carbons (Fsp3) is 0.545. The highest BCUT2D eigenvalue weighted by Crippen LogP contribution is 2.46. The average molecular weight is 399 g/mol. The van der Waals surface area contributed by atoms with Gasteiger partial charge in [0, 0.05) is 35.4 Å². The summed E-state index contributed by atoms with van der Waals surface area (Å²) in [6.07, 6.45) is 10.5. The van der Waals surface area contributed by atoms with E-state index in [1.165, 1.54) is 32.1 Å². The molecular weight excluding hydrogens is 372 g/mol. The second kappa shape index (κ2) is 7.56. The van der Waals surface area contributed by atoms with Gasteiger partial charge in [-0.2, -0.15) is 4.99 Å². The summed E-state index contributed by atoms with van der Waals surface area (Å²) in [6.45, 7) is 2.69. The molecule has 1 aliphatic carbocycles. The number of benzene rings is 1. The van der Waals surface area contributed by atoms with Crippen molar-refractivity contribution in [2.24, 2.45) is 4.99 Å². The zero-order chi connectivity index (χ0) is 19.0. The molecule has 2 aromatic rings. The van der Waals surface area contributed by atoms with Crippen molar-refractivity contribution in [3.05, 3.63) is 36.1 Å². The highest BCUT2D eigenvalue weighted by Gasteiger charge is 2.44. The number of nitrogens with zero attached hydrogens (tertiary/aromatic N) is 2. The summed E-state index contributed by atoms with van der Waals surface area (Å²) in [4.78, 5) is 19.8. The molecule has 0 bridgehead atoms. The lowest BCUT2D eigenvalue weighted by atomic mass is 9.88. The molecule has 28 heavy (non-hydrogen) atoms. The predicted octanol–water partition coefficient (Wildman–Crippen LogP) is 4.86. The van der Waals surface area contributed by atoms with Crippen LogP contribution in [0.3, 0.4) is 0 Å². The average Bonchev–Trinajstić information content (AvgIpc) is 3.44. The first kappa shape index (κ1) is 18.3. The molecule has 1 aromatic heterocycles. The second-order valence-electron chi connectivity index (χ2n) is 8.23. The standard InChI is InChI=1S/C22H26N2O3S/c25-20(17-6-7-19-16(13-17)8-12-27-19)23-21-24(14-18-5-4-11-26-18)15-22(28-21)9-2-1-3-10-22/h6-8,12-13,18H,1-5,9-11,14-15H2/b23-21-/t18-/m0/s1. The van der Waals surface area contributed by atoms with Crippen LogP contribution in [0.15, 0.2) is 39.9 Å². The molecule has 1 amide bonds. The van der Waals surface area contributed by atoms with E-state index in [9.17, 15) is 4.79 Å². The summed E-state index contributed by atoms with van der Waals surface area (Å²) in [7, 11) is 0. The Hall–Kier alpha value is -1.79. The molecule has 0 radical (unpaired) electrons. The Balaban J connectivity index is 1.40. The van der Waals surface area contributed by atoms with Crippen molar-refractivity contribution >= 4 is 33.8 Å². The number of ether oxygens (including phenoxy) is 1. The molecule has 3 fully saturated rings. The molecule has 0 N–H and O–H groups in total. The van der Waals surface area contributed by atoms with E-state index in [0.29, 0.717) is 5.56 Å². The van der Waals surface area contributed by atoms with Gasteiger partial charge >= 0.3 is 0 Å². The molecule has 1 saturated carbocycles. The van der Waals surface area contributed by atoms with Crippen LogP contribution in [0.5, 0.6) is 0 Å². The number of hydrogen-bond donors (Lipinski definition) is 0. The van der Waals surface area contributed by atoms with E-state index < -0.39 is 0 Å². The van der Waals surface area contributed by atoms with Gasteiger partial charge in [0.05, 0.1) is 12.4 Å². The number of fused-ring (bicyclic) bond motifs is 1. The molecule has 5 nitrogen and oxygen atoms in total. The molecular formula is C22H26N2O3S. The van der Waals surface area contributed by atoms with Gasteiger partial charge in [0.1, 0.15) is 5.58 Å². The first-order valence-electron chi connectivity index (χ1n) is 10.4. The number of amidine groups is 1. The lowest BCUT2D eigenvalue weighted by molar-refractivity contribution is 0.0894. The Morgan fingerprint density at radius 1 is 1.21 bits per heavy atom. The van der Waals surface area contributed by atoms with Crippen molar-refractivity contribution < 1.29 is 13.9 Å². The van der Waals surface area contributed by atoms with Gasteiger partial charge < -0.3 is 14.1 Å². The van der Waals surface area contributed by atoms with Gasteiger partial charge in [-0.3, -0.25) is 4.79 Å². The third kappa shape index (κ3) is 3.60. The number of aliphatic imine (C=N–C) groups is 1. The summed E-state index contributed by atoms with van der Waals surface area (Å²) in [5.41, 5.74) is 1.41. The van der Waals surface area contributed by atoms with Gasteiger partial charge in [-0.05, 0) is 49.9 Å². The van der Waals surface area contributed by atoms with Crippen LogP contribution in [0, 0.1) is 0 Å². The fourth-order valence-corrected chi connectivity index (χ4v) is 6.18. The third-order valence-electron chi connectivity index (χ3n) is 6.17. The largest absolute Gasteiger partial charge is 0.464 e. The number of carbonyl (C=O) groups excluding carboxylic acids is 1. The summed E-state index contributed by atoms with van der Waals surface area (Å²) in [6, 6.07) is 7.39. The molecule has 3 aliphatic rings. The Morgan fingerprint density at radius 2 is 2.11 bits per heavy atom. The maximum atomic E-state index is 12.9. The lowest BCUT2D eigenvalue weighted by Gasteiger charge is -2.31. The van der Waals surface area contributed by atoms with Crippen LogP contribution >= 0.6 is 11.8 Å². The van der Waals surface area contributed by atoms with Crippen molar-refractivity contribution in [2.75, 3.05) is 19.7 Å². The van der Waals surface area contributed by atoms with Crippen molar-refractivity contribution in [1.29, 1.82) is 0 Å². The molecule has 3 heterocycles. The fourth-order valence-electron chi connectivity index (χ4n) is 4.68. The molecule has 1 atom stereocenters. The molecule has 6 heteroatoms. The summed E-state index contributed by atoms with van der Waals surface area (Å²) >= 11 is 1.83. The third-order valence-corrected chi connectivity index (χ3v) is 7.67. The summed E-state index contributed by atoms with van der Waals surface area (Å²) < 4.78 is 11.5. The molecule has 5 rings (SSSR count). The van der Waals surface area contributed by atoms with Gasteiger partial charge in [0.2, 0.25) is 0 Å². The Labute approximate surface area is 169 Å². The van der Waals surface area contributed by atoms with E-state index in [0.717, 1.165) is 48.7 Å². The van der Waals surface area contributed by atoms with E-state index in [2.05, 4.69) is 9.89 Å². The molecule has 1 aromatic carbocycles. The first-order chi connectivity index (χ1) is 13.7. The van der Waals surface area contributed by atoms with Crippen LogP contribution in [0.2, 0.25) is 0 Å². The Bertz CT molecular complexity index is 894. The van der Waals surface area contributed by atoms with E-state index in [-0.39, 0.29) is 16.8 Å². The minimum Gasteiger partial charge on any atom is -0.464 e. The molecule has 148 valence electrons. The second-order valence-corrected chi connectivity index (χ2v) is 9.67. The number of furan rings is 1. The van der Waals surface area contributed by atoms with Crippen LogP contribution in [0.25, 0.3) is 11.0 Å². The Kier molecular flexibility index (Phi) is 4.93. The number of hydrogen-bond acceptors (Lipinski definition) is 4. The predicted molar refractivity (Wildman–Crippen MR) is 112 cm³/mol. The van der Waals surface area contributed by atoms with Gasteiger partial charge in [-0.25, -0.2) is 0 Å². The normalized spacial score (nSPS) is 25.9. The number of carbonyl (C=O) groups is 1. The highest BCUT2D eigenvalue weighted by molar-refractivity contribution is 8.15. The van der Waals surface area contributed by atoms with E-state index >= 15 is 0 Å². The minimum atomic E-state index is -0.171. The SMILES string of the molecule is O=C(/N=C1\SC2(CCCCC2)CN1C[C@@H]1CCCO1)c1ccc2occc2c1. The molecule has 2 saturated heterocycles. The van der Waals surface area contributed by atoms with Crippen molar-refractivity contribution in [1.82, 2.24) is 4.90 Å². The molecule has 2 aliphatic heterocycles. The summed E-state index contributed by atoms with van der Waals surface area (Å²) in [5, 5.41) is 1.82.